The molecule has 1 aliphatic heterocycles. The Kier molecular flexibility index (Phi) is 5.14. The van der Waals surface area contributed by atoms with Crippen LogP contribution in [0.15, 0.2) is 40.2 Å². The monoisotopic (exact) mass is 397 g/mol. The van der Waals surface area contributed by atoms with Gasteiger partial charge in [0.25, 0.3) is 0 Å². The van der Waals surface area contributed by atoms with Crippen LogP contribution < -0.4 is 0 Å². The predicted octanol–water partition coefficient (Wildman–Crippen LogP) is 4.68. The number of nitrogens with zero attached hydrogens (tertiary/aromatic N) is 1. The quantitative estimate of drug-likeness (QED) is 0.813. The van der Waals surface area contributed by atoms with Crippen molar-refractivity contribution in [2.45, 2.75) is 31.3 Å². The van der Waals surface area contributed by atoms with Crippen molar-refractivity contribution in [1.82, 2.24) is 4.90 Å². The van der Waals surface area contributed by atoms with Gasteiger partial charge in [-0.1, -0.05) is 18.6 Å². The molecular formula is C17H17BrFNO2S. The van der Waals surface area contributed by atoms with Gasteiger partial charge in [-0.05, 0) is 65.1 Å². The molecule has 1 N–H and O–H groups in total. The van der Waals surface area contributed by atoms with E-state index in [2.05, 4.69) is 15.9 Å². The van der Waals surface area contributed by atoms with Gasteiger partial charge in [-0.15, -0.1) is 11.3 Å². The number of likely N-dealkylation sites (tertiary alicyclic amines) is 1. The molecule has 0 radical (unpaired) electrons. The predicted molar refractivity (Wildman–Crippen MR) is 92.2 cm³/mol. The Morgan fingerprint density at radius 3 is 2.61 bits per heavy atom. The van der Waals surface area contributed by atoms with Crippen molar-refractivity contribution in [3.05, 3.63) is 56.4 Å². The van der Waals surface area contributed by atoms with Gasteiger partial charge in [-0.2, -0.15) is 0 Å². The number of benzene rings is 1. The molecule has 2 unspecified atom stereocenters. The third kappa shape index (κ3) is 3.65. The molecule has 1 aromatic carbocycles. The molecule has 1 aliphatic rings. The summed E-state index contributed by atoms with van der Waals surface area (Å²) in [5, 5.41) is 9.59. The normalized spacial score (nSPS) is 20.3. The molecule has 0 bridgehead atoms. The van der Waals surface area contributed by atoms with Gasteiger partial charge in [-0.3, -0.25) is 9.69 Å². The third-order valence-electron chi connectivity index (χ3n) is 4.21. The van der Waals surface area contributed by atoms with E-state index in [0.29, 0.717) is 6.42 Å². The maximum absolute atomic E-state index is 13.3. The number of hydrogen-bond acceptors (Lipinski definition) is 3. The van der Waals surface area contributed by atoms with Crippen molar-refractivity contribution < 1.29 is 14.3 Å². The maximum atomic E-state index is 13.3. The van der Waals surface area contributed by atoms with E-state index in [9.17, 15) is 14.3 Å². The van der Waals surface area contributed by atoms with Gasteiger partial charge >= 0.3 is 5.97 Å². The zero-order valence-corrected chi connectivity index (χ0v) is 14.8. The highest BCUT2D eigenvalue weighted by Gasteiger charge is 2.35. The van der Waals surface area contributed by atoms with Gasteiger partial charge in [0.05, 0.1) is 9.83 Å². The van der Waals surface area contributed by atoms with Crippen molar-refractivity contribution in [3.63, 3.8) is 0 Å². The summed E-state index contributed by atoms with van der Waals surface area (Å²) in [6.45, 7) is 0.731. The van der Waals surface area contributed by atoms with Crippen LogP contribution in [0.2, 0.25) is 0 Å². The zero-order valence-electron chi connectivity index (χ0n) is 12.4. The topological polar surface area (TPSA) is 40.5 Å². The molecular weight excluding hydrogens is 381 g/mol. The minimum absolute atomic E-state index is 0.159. The first-order valence-electron chi connectivity index (χ1n) is 7.55. The highest BCUT2D eigenvalue weighted by molar-refractivity contribution is 9.11. The van der Waals surface area contributed by atoms with Crippen molar-refractivity contribution in [3.8, 4) is 0 Å². The Bertz CT molecular complexity index is 688. The largest absolute Gasteiger partial charge is 0.480 e. The molecule has 0 saturated carbocycles. The Hall–Kier alpha value is -1.24. The first-order valence-corrected chi connectivity index (χ1v) is 9.16. The molecule has 0 amide bonds. The molecule has 3 nitrogen and oxygen atoms in total. The minimum atomic E-state index is -0.785. The van der Waals surface area contributed by atoms with Crippen LogP contribution in [0.1, 0.15) is 35.7 Å². The van der Waals surface area contributed by atoms with Gasteiger partial charge in [0.2, 0.25) is 0 Å². The number of aliphatic carboxylic acids is 1. The Morgan fingerprint density at radius 1 is 1.26 bits per heavy atom. The lowest BCUT2D eigenvalue weighted by Gasteiger charge is -2.39. The number of rotatable bonds is 4. The van der Waals surface area contributed by atoms with Crippen molar-refractivity contribution in [1.29, 1.82) is 0 Å². The average molecular weight is 398 g/mol. The second-order valence-electron chi connectivity index (χ2n) is 5.68. The molecule has 0 spiro atoms. The van der Waals surface area contributed by atoms with Crippen molar-refractivity contribution in [2.24, 2.45) is 0 Å². The average Bonchev–Trinajstić information content (AvgIpc) is 2.96. The van der Waals surface area contributed by atoms with E-state index in [1.54, 1.807) is 23.5 Å². The molecule has 2 heterocycles. The van der Waals surface area contributed by atoms with E-state index >= 15 is 0 Å². The van der Waals surface area contributed by atoms with Crippen LogP contribution in [0.3, 0.4) is 0 Å². The fourth-order valence-corrected chi connectivity index (χ4v) is 4.74. The fourth-order valence-electron chi connectivity index (χ4n) is 3.17. The number of piperidine rings is 1. The minimum Gasteiger partial charge on any atom is -0.480 e. The first kappa shape index (κ1) is 16.6. The molecule has 1 fully saturated rings. The van der Waals surface area contributed by atoms with E-state index in [0.717, 1.165) is 33.6 Å². The molecule has 2 aromatic rings. The molecule has 1 aromatic heterocycles. The number of carboxylic acid groups (broad SMARTS) is 1. The van der Waals surface area contributed by atoms with E-state index < -0.39 is 12.0 Å². The van der Waals surface area contributed by atoms with Crippen molar-refractivity contribution in [2.75, 3.05) is 6.54 Å². The summed E-state index contributed by atoms with van der Waals surface area (Å²) in [4.78, 5) is 14.8. The Labute approximate surface area is 146 Å². The lowest BCUT2D eigenvalue weighted by atomic mass is 9.95. The maximum Gasteiger partial charge on any atom is 0.320 e. The van der Waals surface area contributed by atoms with Gasteiger partial charge in [0.1, 0.15) is 11.9 Å². The van der Waals surface area contributed by atoms with Crippen LogP contribution in [-0.4, -0.2) is 28.6 Å². The van der Waals surface area contributed by atoms with Crippen LogP contribution in [0, 0.1) is 5.82 Å². The van der Waals surface area contributed by atoms with Crippen LogP contribution in [0.25, 0.3) is 0 Å². The van der Waals surface area contributed by atoms with Crippen molar-refractivity contribution >= 4 is 33.2 Å². The van der Waals surface area contributed by atoms with Gasteiger partial charge < -0.3 is 5.11 Å². The van der Waals surface area contributed by atoms with E-state index in [1.165, 1.54) is 12.1 Å². The molecule has 122 valence electrons. The molecule has 3 rings (SSSR count). The van der Waals surface area contributed by atoms with E-state index in [1.807, 2.05) is 17.0 Å². The molecule has 6 heteroatoms. The highest BCUT2D eigenvalue weighted by Crippen LogP contribution is 2.38. The van der Waals surface area contributed by atoms with Crippen LogP contribution in [-0.2, 0) is 4.79 Å². The molecule has 1 saturated heterocycles. The second-order valence-corrected chi connectivity index (χ2v) is 8.18. The summed E-state index contributed by atoms with van der Waals surface area (Å²) >= 11 is 5.07. The molecule has 2 atom stereocenters. The summed E-state index contributed by atoms with van der Waals surface area (Å²) < 4.78 is 14.3. The Balaban J connectivity index is 2.03. The number of carboxylic acids is 1. The standard InChI is InChI=1S/C17H17BrFNO2S/c18-15-9-8-14(23-15)16(11-4-6-12(19)7-5-11)20-10-2-1-3-13(20)17(21)22/h4-9,13,16H,1-3,10H2,(H,21,22). The van der Waals surface area contributed by atoms with Gasteiger partial charge in [0.15, 0.2) is 0 Å². The second kappa shape index (κ2) is 7.11. The number of halogens is 2. The third-order valence-corrected chi connectivity index (χ3v) is 5.89. The lowest BCUT2D eigenvalue weighted by Crippen LogP contribution is -2.46. The van der Waals surface area contributed by atoms with E-state index in [4.69, 9.17) is 0 Å². The summed E-state index contributed by atoms with van der Waals surface area (Å²) in [5.41, 5.74) is 0.925. The summed E-state index contributed by atoms with van der Waals surface area (Å²) in [5.74, 6) is -1.07. The first-order chi connectivity index (χ1) is 11.1. The fraction of sp³-hybridized carbons (Fsp3) is 0.353. The van der Waals surface area contributed by atoms with Crippen LogP contribution >= 0.6 is 27.3 Å². The lowest BCUT2D eigenvalue weighted by molar-refractivity contribution is -0.145. The summed E-state index contributed by atoms with van der Waals surface area (Å²) in [6, 6.07) is 9.69. The number of carbonyl (C=O) groups is 1. The highest BCUT2D eigenvalue weighted by atomic mass is 79.9. The summed E-state index contributed by atoms with van der Waals surface area (Å²) in [6.07, 6.45) is 2.56. The van der Waals surface area contributed by atoms with Crippen LogP contribution in [0.5, 0.6) is 0 Å². The Morgan fingerprint density at radius 2 is 2.00 bits per heavy atom. The SMILES string of the molecule is O=C(O)C1CCCCN1C(c1ccc(F)cc1)c1ccc(Br)s1. The molecule has 0 aliphatic carbocycles. The number of thiophene rings is 1. The van der Waals surface area contributed by atoms with Gasteiger partial charge in [0, 0.05) is 4.88 Å². The summed E-state index contributed by atoms with van der Waals surface area (Å²) in [7, 11) is 0. The smallest absolute Gasteiger partial charge is 0.320 e. The molecule has 23 heavy (non-hydrogen) atoms. The van der Waals surface area contributed by atoms with Crippen LogP contribution in [0.4, 0.5) is 4.39 Å². The zero-order chi connectivity index (χ0) is 16.4. The number of hydrogen-bond donors (Lipinski definition) is 1. The van der Waals surface area contributed by atoms with Gasteiger partial charge in [-0.25, -0.2) is 4.39 Å². The van der Waals surface area contributed by atoms with E-state index in [-0.39, 0.29) is 11.9 Å².